The average Bonchev–Trinajstić information content (AvgIpc) is 3.00. The molecule has 3 aromatic rings. The Balaban J connectivity index is 1.65. The molecular weight excluding hydrogens is 264 g/mol. The Morgan fingerprint density at radius 1 is 1.38 bits per heavy atom. The van der Waals surface area contributed by atoms with Crippen LogP contribution in [0.15, 0.2) is 36.5 Å². The minimum atomic E-state index is 0.0743. The van der Waals surface area contributed by atoms with Gasteiger partial charge in [-0.25, -0.2) is 9.97 Å². The van der Waals surface area contributed by atoms with Crippen LogP contribution in [-0.4, -0.2) is 20.6 Å². The molecule has 0 fully saturated rings. The number of nitrogens with zero attached hydrogens (tertiary/aromatic N) is 3. The molecule has 106 valence electrons. The first kappa shape index (κ1) is 12.2. The zero-order chi connectivity index (χ0) is 14.4. The minimum Gasteiger partial charge on any atom is -0.488 e. The van der Waals surface area contributed by atoms with E-state index < -0.39 is 0 Å². The maximum Gasteiger partial charge on any atom is 0.202 e. The number of imidazole rings is 1. The second-order valence-electron chi connectivity index (χ2n) is 5.49. The fraction of sp³-hybridized carbons (Fsp3) is 0.250. The SMILES string of the molecule is Cc1cnc2c(c1)nc(N)n2CC1Cc2ccccc2O1. The predicted molar refractivity (Wildman–Crippen MR) is 81.2 cm³/mol. The van der Waals surface area contributed by atoms with E-state index in [-0.39, 0.29) is 6.10 Å². The molecule has 1 atom stereocenters. The predicted octanol–water partition coefficient (Wildman–Crippen LogP) is 2.33. The van der Waals surface area contributed by atoms with Crippen molar-refractivity contribution in [3.05, 3.63) is 47.7 Å². The number of fused-ring (bicyclic) bond motifs is 2. The Morgan fingerprint density at radius 2 is 2.24 bits per heavy atom. The largest absolute Gasteiger partial charge is 0.488 e. The van der Waals surface area contributed by atoms with Gasteiger partial charge in [0.15, 0.2) is 5.65 Å². The number of anilines is 1. The van der Waals surface area contributed by atoms with E-state index in [2.05, 4.69) is 16.0 Å². The summed E-state index contributed by atoms with van der Waals surface area (Å²) < 4.78 is 7.91. The van der Waals surface area contributed by atoms with E-state index in [0.717, 1.165) is 28.9 Å². The van der Waals surface area contributed by atoms with Gasteiger partial charge < -0.3 is 10.5 Å². The van der Waals surface area contributed by atoms with E-state index in [1.54, 1.807) is 0 Å². The number of rotatable bonds is 2. The van der Waals surface area contributed by atoms with Gasteiger partial charge in [-0.15, -0.1) is 0 Å². The highest BCUT2D eigenvalue weighted by molar-refractivity contribution is 5.74. The summed E-state index contributed by atoms with van der Waals surface area (Å²) in [4.78, 5) is 8.85. The molecule has 21 heavy (non-hydrogen) atoms. The molecule has 3 heterocycles. The van der Waals surface area contributed by atoms with Crippen molar-refractivity contribution in [1.82, 2.24) is 14.5 Å². The first-order valence-corrected chi connectivity index (χ1v) is 7.03. The minimum absolute atomic E-state index is 0.0743. The smallest absolute Gasteiger partial charge is 0.202 e. The summed E-state index contributed by atoms with van der Waals surface area (Å²) in [5, 5.41) is 0. The van der Waals surface area contributed by atoms with Crippen molar-refractivity contribution in [2.24, 2.45) is 0 Å². The molecule has 1 aliphatic rings. The van der Waals surface area contributed by atoms with Crippen LogP contribution in [0.5, 0.6) is 5.75 Å². The molecule has 2 aromatic heterocycles. The van der Waals surface area contributed by atoms with Gasteiger partial charge in [-0.05, 0) is 30.2 Å². The van der Waals surface area contributed by atoms with E-state index >= 15 is 0 Å². The van der Waals surface area contributed by atoms with Crippen LogP contribution >= 0.6 is 0 Å². The van der Waals surface area contributed by atoms with Gasteiger partial charge in [-0.3, -0.25) is 4.57 Å². The molecule has 5 nitrogen and oxygen atoms in total. The number of pyridine rings is 1. The van der Waals surface area contributed by atoms with E-state index in [9.17, 15) is 0 Å². The fourth-order valence-electron chi connectivity index (χ4n) is 2.87. The van der Waals surface area contributed by atoms with Gasteiger partial charge in [0.25, 0.3) is 0 Å². The summed E-state index contributed by atoms with van der Waals surface area (Å²) in [6.07, 6.45) is 2.80. The lowest BCUT2D eigenvalue weighted by Gasteiger charge is -2.12. The second-order valence-corrected chi connectivity index (χ2v) is 5.49. The zero-order valence-electron chi connectivity index (χ0n) is 11.8. The van der Waals surface area contributed by atoms with Gasteiger partial charge in [-0.1, -0.05) is 18.2 Å². The summed E-state index contributed by atoms with van der Waals surface area (Å²) in [6.45, 7) is 2.66. The monoisotopic (exact) mass is 280 g/mol. The molecule has 1 aromatic carbocycles. The second kappa shape index (κ2) is 4.48. The highest BCUT2D eigenvalue weighted by Gasteiger charge is 2.24. The molecule has 5 heteroatoms. The molecule has 0 amide bonds. The van der Waals surface area contributed by atoms with Gasteiger partial charge >= 0.3 is 0 Å². The normalized spacial score (nSPS) is 16.9. The lowest BCUT2D eigenvalue weighted by molar-refractivity contribution is 0.211. The molecule has 1 aliphatic heterocycles. The van der Waals surface area contributed by atoms with Gasteiger partial charge in [0, 0.05) is 12.6 Å². The number of ether oxygens (including phenoxy) is 1. The third-order valence-corrected chi connectivity index (χ3v) is 3.85. The third kappa shape index (κ3) is 2.01. The molecular formula is C16H16N4O. The summed E-state index contributed by atoms with van der Waals surface area (Å²) >= 11 is 0. The van der Waals surface area contributed by atoms with Crippen molar-refractivity contribution in [2.45, 2.75) is 26.0 Å². The topological polar surface area (TPSA) is 66.0 Å². The quantitative estimate of drug-likeness (QED) is 0.782. The number of nitrogens with two attached hydrogens (primary N) is 1. The molecule has 0 saturated carbocycles. The van der Waals surface area contributed by atoms with Crippen LogP contribution in [0.4, 0.5) is 5.95 Å². The first-order valence-electron chi connectivity index (χ1n) is 7.03. The van der Waals surface area contributed by atoms with Gasteiger partial charge in [-0.2, -0.15) is 0 Å². The maximum absolute atomic E-state index is 6.04. The number of benzene rings is 1. The molecule has 0 saturated heterocycles. The van der Waals surface area contributed by atoms with Crippen LogP contribution in [0.1, 0.15) is 11.1 Å². The molecule has 0 aliphatic carbocycles. The molecule has 0 radical (unpaired) electrons. The highest BCUT2D eigenvalue weighted by atomic mass is 16.5. The number of nitrogen functional groups attached to an aromatic ring is 1. The Hall–Kier alpha value is -2.56. The van der Waals surface area contributed by atoms with Crippen molar-refractivity contribution in [3.8, 4) is 5.75 Å². The van der Waals surface area contributed by atoms with Crippen LogP contribution in [0.2, 0.25) is 0 Å². The average molecular weight is 280 g/mol. The van der Waals surface area contributed by atoms with Crippen molar-refractivity contribution >= 4 is 17.1 Å². The molecule has 4 rings (SSSR count). The van der Waals surface area contributed by atoms with Crippen LogP contribution in [-0.2, 0) is 13.0 Å². The van der Waals surface area contributed by atoms with Gasteiger partial charge in [0.2, 0.25) is 5.95 Å². The van der Waals surface area contributed by atoms with Crippen LogP contribution in [0.3, 0.4) is 0 Å². The fourth-order valence-corrected chi connectivity index (χ4v) is 2.87. The van der Waals surface area contributed by atoms with Crippen molar-refractivity contribution in [3.63, 3.8) is 0 Å². The lowest BCUT2D eigenvalue weighted by atomic mass is 10.1. The maximum atomic E-state index is 6.04. The summed E-state index contributed by atoms with van der Waals surface area (Å²) in [5.41, 5.74) is 10.0. The zero-order valence-corrected chi connectivity index (χ0v) is 11.8. The molecule has 2 N–H and O–H groups in total. The van der Waals surface area contributed by atoms with Gasteiger partial charge in [0.05, 0.1) is 6.54 Å². The molecule has 0 spiro atoms. The standard InChI is InChI=1S/C16H16N4O/c1-10-6-13-15(18-8-10)20(16(17)19-13)9-12-7-11-4-2-3-5-14(11)21-12/h2-6,8,12H,7,9H2,1H3,(H2,17,19). The number of hydrogen-bond donors (Lipinski definition) is 1. The molecule has 0 bridgehead atoms. The number of para-hydroxylation sites is 1. The Bertz CT molecular complexity index is 799. The van der Waals surface area contributed by atoms with Gasteiger partial charge in [0.1, 0.15) is 17.4 Å². The Morgan fingerprint density at radius 3 is 3.10 bits per heavy atom. The lowest BCUT2D eigenvalue weighted by Crippen LogP contribution is -2.22. The van der Waals surface area contributed by atoms with E-state index in [1.807, 2.05) is 42.0 Å². The third-order valence-electron chi connectivity index (χ3n) is 3.85. The summed E-state index contributed by atoms with van der Waals surface area (Å²) in [5.74, 6) is 1.46. The first-order chi connectivity index (χ1) is 10.2. The van der Waals surface area contributed by atoms with Crippen molar-refractivity contribution in [2.75, 3.05) is 5.73 Å². The number of aryl methyl sites for hydroxylation is 1. The number of aromatic nitrogens is 3. The van der Waals surface area contributed by atoms with Crippen molar-refractivity contribution in [1.29, 1.82) is 0 Å². The van der Waals surface area contributed by atoms with E-state index in [4.69, 9.17) is 10.5 Å². The van der Waals surface area contributed by atoms with E-state index in [0.29, 0.717) is 12.5 Å². The highest BCUT2D eigenvalue weighted by Crippen LogP contribution is 2.29. The molecule has 1 unspecified atom stereocenters. The van der Waals surface area contributed by atoms with Crippen LogP contribution in [0, 0.1) is 6.92 Å². The Kier molecular flexibility index (Phi) is 2.60. The summed E-state index contributed by atoms with van der Waals surface area (Å²) in [6, 6.07) is 10.1. The van der Waals surface area contributed by atoms with E-state index in [1.165, 1.54) is 5.56 Å². The van der Waals surface area contributed by atoms with Crippen LogP contribution in [0.25, 0.3) is 11.2 Å². The number of hydrogen-bond acceptors (Lipinski definition) is 4. The Labute approximate surface area is 122 Å². The van der Waals surface area contributed by atoms with Crippen molar-refractivity contribution < 1.29 is 4.74 Å². The summed E-state index contributed by atoms with van der Waals surface area (Å²) in [7, 11) is 0. The van der Waals surface area contributed by atoms with Crippen LogP contribution < -0.4 is 10.5 Å².